The number of nitrogens with zero attached hydrogens (tertiary/aromatic N) is 2. The Bertz CT molecular complexity index is 770. The molecular formula is C23H28N2O2. The third-order valence-corrected chi connectivity index (χ3v) is 5.65. The molecule has 1 atom stereocenters. The minimum atomic E-state index is 0.248. The SMILES string of the molecule is CCOc1ccc(C2CCCN2Cc2ccc(N3CCCC3=O)cc2)cc1. The Kier molecular flexibility index (Phi) is 5.44. The highest BCUT2D eigenvalue weighted by atomic mass is 16.5. The Hall–Kier alpha value is -2.33. The zero-order valence-electron chi connectivity index (χ0n) is 16.1. The molecule has 4 heteroatoms. The molecule has 2 saturated heterocycles. The summed E-state index contributed by atoms with van der Waals surface area (Å²) in [4.78, 5) is 16.4. The molecule has 0 N–H and O–H groups in total. The van der Waals surface area contributed by atoms with Crippen LogP contribution in [0.4, 0.5) is 5.69 Å². The smallest absolute Gasteiger partial charge is 0.227 e. The summed E-state index contributed by atoms with van der Waals surface area (Å²) >= 11 is 0. The number of likely N-dealkylation sites (tertiary alicyclic amines) is 1. The van der Waals surface area contributed by atoms with E-state index in [1.165, 1.54) is 24.0 Å². The second-order valence-corrected chi connectivity index (χ2v) is 7.45. The van der Waals surface area contributed by atoms with Gasteiger partial charge in [-0.15, -0.1) is 0 Å². The summed E-state index contributed by atoms with van der Waals surface area (Å²) < 4.78 is 5.57. The van der Waals surface area contributed by atoms with E-state index in [2.05, 4.69) is 53.4 Å². The first-order chi connectivity index (χ1) is 13.2. The van der Waals surface area contributed by atoms with Gasteiger partial charge in [0, 0.05) is 31.2 Å². The van der Waals surface area contributed by atoms with Crippen LogP contribution in [0.15, 0.2) is 48.5 Å². The first kappa shape index (κ1) is 18.1. The fraction of sp³-hybridized carbons (Fsp3) is 0.435. The second kappa shape index (κ2) is 8.13. The van der Waals surface area contributed by atoms with Gasteiger partial charge in [-0.2, -0.15) is 0 Å². The van der Waals surface area contributed by atoms with Crippen molar-refractivity contribution in [2.24, 2.45) is 0 Å². The van der Waals surface area contributed by atoms with Crippen LogP contribution < -0.4 is 9.64 Å². The standard InChI is InChI=1S/C23H28N2O2/c1-2-27-21-13-9-19(10-14-21)22-5-3-15-24(22)17-18-7-11-20(12-8-18)25-16-4-6-23(25)26/h7-14,22H,2-6,15-17H2,1H3. The highest BCUT2D eigenvalue weighted by molar-refractivity contribution is 5.95. The number of carbonyl (C=O) groups is 1. The van der Waals surface area contributed by atoms with Gasteiger partial charge in [0.15, 0.2) is 0 Å². The second-order valence-electron chi connectivity index (χ2n) is 7.45. The predicted octanol–water partition coefficient (Wildman–Crippen LogP) is 4.55. The summed E-state index contributed by atoms with van der Waals surface area (Å²) in [6.07, 6.45) is 4.09. The van der Waals surface area contributed by atoms with Crippen molar-refractivity contribution in [3.8, 4) is 5.75 Å². The summed E-state index contributed by atoms with van der Waals surface area (Å²) in [5, 5.41) is 0. The number of amides is 1. The Labute approximate surface area is 161 Å². The maximum Gasteiger partial charge on any atom is 0.227 e. The van der Waals surface area contributed by atoms with Crippen LogP contribution in [-0.2, 0) is 11.3 Å². The summed E-state index contributed by atoms with van der Waals surface area (Å²) in [5.74, 6) is 1.19. The topological polar surface area (TPSA) is 32.8 Å². The van der Waals surface area contributed by atoms with Crippen molar-refractivity contribution in [1.82, 2.24) is 4.90 Å². The largest absolute Gasteiger partial charge is 0.494 e. The number of hydrogen-bond acceptors (Lipinski definition) is 3. The van der Waals surface area contributed by atoms with Gasteiger partial charge >= 0.3 is 0 Å². The van der Waals surface area contributed by atoms with E-state index in [-0.39, 0.29) is 5.91 Å². The van der Waals surface area contributed by atoms with Gasteiger partial charge in [0.1, 0.15) is 5.75 Å². The number of rotatable bonds is 6. The minimum absolute atomic E-state index is 0.248. The van der Waals surface area contributed by atoms with Crippen LogP contribution >= 0.6 is 0 Å². The van der Waals surface area contributed by atoms with Crippen LogP contribution in [0.3, 0.4) is 0 Å². The molecule has 0 bridgehead atoms. The third kappa shape index (κ3) is 4.01. The van der Waals surface area contributed by atoms with Crippen LogP contribution in [0.2, 0.25) is 0 Å². The van der Waals surface area contributed by atoms with E-state index < -0.39 is 0 Å². The lowest BCUT2D eigenvalue weighted by molar-refractivity contribution is -0.117. The average Bonchev–Trinajstić information content (AvgIpc) is 3.32. The van der Waals surface area contributed by atoms with Gasteiger partial charge in [-0.1, -0.05) is 24.3 Å². The monoisotopic (exact) mass is 364 g/mol. The van der Waals surface area contributed by atoms with E-state index in [1.807, 2.05) is 11.8 Å². The summed E-state index contributed by atoms with van der Waals surface area (Å²) in [5.41, 5.74) is 3.71. The van der Waals surface area contributed by atoms with Crippen LogP contribution in [0, 0.1) is 0 Å². The van der Waals surface area contributed by atoms with E-state index in [0.717, 1.165) is 37.5 Å². The van der Waals surface area contributed by atoms with Gasteiger partial charge in [-0.25, -0.2) is 0 Å². The van der Waals surface area contributed by atoms with Gasteiger partial charge in [0.05, 0.1) is 6.61 Å². The highest BCUT2D eigenvalue weighted by Gasteiger charge is 2.26. The fourth-order valence-corrected chi connectivity index (χ4v) is 4.28. The lowest BCUT2D eigenvalue weighted by Crippen LogP contribution is -2.24. The van der Waals surface area contributed by atoms with Crippen LogP contribution in [-0.4, -0.2) is 30.5 Å². The van der Waals surface area contributed by atoms with Gasteiger partial charge in [-0.05, 0) is 68.1 Å². The molecule has 4 nitrogen and oxygen atoms in total. The number of hydrogen-bond donors (Lipinski definition) is 0. The van der Waals surface area contributed by atoms with Gasteiger partial charge < -0.3 is 9.64 Å². The minimum Gasteiger partial charge on any atom is -0.494 e. The van der Waals surface area contributed by atoms with E-state index in [4.69, 9.17) is 4.74 Å². The molecule has 2 fully saturated rings. The quantitative estimate of drug-likeness (QED) is 0.754. The Morgan fingerprint density at radius 1 is 1.00 bits per heavy atom. The summed E-state index contributed by atoms with van der Waals surface area (Å²) in [6, 6.07) is 17.6. The third-order valence-electron chi connectivity index (χ3n) is 5.65. The normalized spacial score (nSPS) is 20.4. The number of ether oxygens (including phenoxy) is 1. The lowest BCUT2D eigenvalue weighted by atomic mass is 10.0. The maximum absolute atomic E-state index is 11.9. The van der Waals surface area contributed by atoms with Crippen LogP contribution in [0.25, 0.3) is 0 Å². The highest BCUT2D eigenvalue weighted by Crippen LogP contribution is 2.34. The zero-order valence-corrected chi connectivity index (χ0v) is 16.1. The number of carbonyl (C=O) groups excluding carboxylic acids is 1. The molecule has 2 aromatic rings. The molecule has 0 aromatic heterocycles. The van der Waals surface area contributed by atoms with Crippen molar-refractivity contribution >= 4 is 11.6 Å². The molecule has 0 radical (unpaired) electrons. The average molecular weight is 364 g/mol. The van der Waals surface area contributed by atoms with Crippen molar-refractivity contribution in [2.45, 2.75) is 45.2 Å². The molecule has 2 heterocycles. The molecule has 4 rings (SSSR count). The van der Waals surface area contributed by atoms with Gasteiger partial charge in [0.25, 0.3) is 0 Å². The first-order valence-corrected chi connectivity index (χ1v) is 10.1. The van der Waals surface area contributed by atoms with Crippen molar-refractivity contribution in [3.63, 3.8) is 0 Å². The maximum atomic E-state index is 11.9. The van der Waals surface area contributed by atoms with Crippen molar-refractivity contribution < 1.29 is 9.53 Å². The predicted molar refractivity (Wildman–Crippen MR) is 108 cm³/mol. The van der Waals surface area contributed by atoms with Crippen molar-refractivity contribution in [2.75, 3.05) is 24.6 Å². The van der Waals surface area contributed by atoms with Crippen molar-refractivity contribution in [3.05, 3.63) is 59.7 Å². The molecule has 142 valence electrons. The van der Waals surface area contributed by atoms with Gasteiger partial charge in [-0.3, -0.25) is 9.69 Å². The molecule has 1 amide bonds. The molecule has 0 aliphatic carbocycles. The first-order valence-electron chi connectivity index (χ1n) is 10.1. The van der Waals surface area contributed by atoms with E-state index in [0.29, 0.717) is 19.1 Å². The van der Waals surface area contributed by atoms with E-state index in [9.17, 15) is 4.79 Å². The summed E-state index contributed by atoms with van der Waals surface area (Å²) in [7, 11) is 0. The number of anilines is 1. The summed E-state index contributed by atoms with van der Waals surface area (Å²) in [6.45, 7) is 5.64. The van der Waals surface area contributed by atoms with E-state index in [1.54, 1.807) is 0 Å². The van der Waals surface area contributed by atoms with Crippen molar-refractivity contribution in [1.29, 1.82) is 0 Å². The van der Waals surface area contributed by atoms with Crippen LogP contribution in [0.1, 0.15) is 49.8 Å². The molecule has 2 aliphatic heterocycles. The van der Waals surface area contributed by atoms with Gasteiger partial charge in [0.2, 0.25) is 5.91 Å². The molecule has 0 spiro atoms. The van der Waals surface area contributed by atoms with E-state index >= 15 is 0 Å². The molecule has 2 aliphatic rings. The number of benzene rings is 2. The molecule has 0 saturated carbocycles. The fourth-order valence-electron chi connectivity index (χ4n) is 4.28. The van der Waals surface area contributed by atoms with Crippen LogP contribution in [0.5, 0.6) is 5.75 Å². The Morgan fingerprint density at radius 2 is 1.78 bits per heavy atom. The zero-order chi connectivity index (χ0) is 18.6. The molecular weight excluding hydrogens is 336 g/mol. The molecule has 27 heavy (non-hydrogen) atoms. The molecule has 1 unspecified atom stereocenters. The molecule has 2 aromatic carbocycles. The Balaban J connectivity index is 1.42. The Morgan fingerprint density at radius 3 is 2.44 bits per heavy atom. The lowest BCUT2D eigenvalue weighted by Gasteiger charge is -2.25.